The second kappa shape index (κ2) is 4.40. The summed E-state index contributed by atoms with van der Waals surface area (Å²) in [5.41, 5.74) is 2.18. The molecule has 0 aromatic heterocycles. The van der Waals surface area contributed by atoms with Crippen LogP contribution in [-0.4, -0.2) is 5.78 Å². The smallest absolute Gasteiger partial charge is 0.159 e. The van der Waals surface area contributed by atoms with Crippen molar-refractivity contribution in [2.45, 2.75) is 40.0 Å². The fourth-order valence-electron chi connectivity index (χ4n) is 1.70. The van der Waals surface area contributed by atoms with E-state index in [4.69, 9.17) is 0 Å². The summed E-state index contributed by atoms with van der Waals surface area (Å²) in [4.78, 5) is 11.3. The number of ketones is 1. The second-order valence-electron chi connectivity index (χ2n) is 3.83. The predicted molar refractivity (Wildman–Crippen MR) is 55.5 cm³/mol. The molecule has 0 heterocycles. The average molecular weight is 178 g/mol. The van der Waals surface area contributed by atoms with Crippen molar-refractivity contribution in [1.29, 1.82) is 0 Å². The predicted octanol–water partition coefficient (Wildman–Crippen LogP) is 3.27. The monoisotopic (exact) mass is 178 g/mol. The molecule has 1 nitrogen and oxygen atoms in total. The number of allylic oxidation sites excluding steroid dienone is 4. The van der Waals surface area contributed by atoms with Gasteiger partial charge in [0.05, 0.1) is 0 Å². The summed E-state index contributed by atoms with van der Waals surface area (Å²) >= 11 is 0. The van der Waals surface area contributed by atoms with Crippen LogP contribution < -0.4 is 0 Å². The minimum Gasteiger partial charge on any atom is -0.295 e. The SMILES string of the molecule is CCC1=CC[C@H](C)CC=C1C(C)=O. The Morgan fingerprint density at radius 3 is 2.62 bits per heavy atom. The molecule has 0 N–H and O–H groups in total. The molecule has 1 atom stereocenters. The standard InChI is InChI=1S/C12H18O/c1-4-11-7-5-9(2)6-8-12(11)10(3)13/h7-9H,4-6H2,1-3H3/t9-/m0/s1. The van der Waals surface area contributed by atoms with Gasteiger partial charge in [-0.1, -0.05) is 26.0 Å². The van der Waals surface area contributed by atoms with Crippen molar-refractivity contribution in [3.8, 4) is 0 Å². The van der Waals surface area contributed by atoms with E-state index in [9.17, 15) is 4.79 Å². The minimum atomic E-state index is 0.210. The van der Waals surface area contributed by atoms with E-state index in [0.717, 1.165) is 24.8 Å². The van der Waals surface area contributed by atoms with Gasteiger partial charge in [-0.25, -0.2) is 0 Å². The quantitative estimate of drug-likeness (QED) is 0.634. The van der Waals surface area contributed by atoms with E-state index in [0.29, 0.717) is 5.92 Å². The van der Waals surface area contributed by atoms with Crippen LogP contribution in [0, 0.1) is 5.92 Å². The third kappa shape index (κ3) is 2.55. The summed E-state index contributed by atoms with van der Waals surface area (Å²) in [5.74, 6) is 0.889. The summed E-state index contributed by atoms with van der Waals surface area (Å²) in [7, 11) is 0. The Bertz CT molecular complexity index is 258. The Balaban J connectivity index is 2.93. The number of carbonyl (C=O) groups is 1. The van der Waals surface area contributed by atoms with Crippen LogP contribution in [0.15, 0.2) is 23.3 Å². The molecule has 0 aromatic carbocycles. The second-order valence-corrected chi connectivity index (χ2v) is 3.83. The summed E-state index contributed by atoms with van der Waals surface area (Å²) in [5, 5.41) is 0. The number of hydrogen-bond donors (Lipinski definition) is 0. The summed E-state index contributed by atoms with van der Waals surface area (Å²) in [6.45, 7) is 5.99. The Morgan fingerprint density at radius 1 is 1.46 bits per heavy atom. The van der Waals surface area contributed by atoms with Crippen LogP contribution in [0.3, 0.4) is 0 Å². The Hall–Kier alpha value is -0.850. The highest BCUT2D eigenvalue weighted by Crippen LogP contribution is 2.24. The van der Waals surface area contributed by atoms with Crippen LogP contribution in [-0.2, 0) is 4.79 Å². The first-order valence-corrected chi connectivity index (χ1v) is 5.05. The first kappa shape index (κ1) is 10.2. The van der Waals surface area contributed by atoms with Crippen molar-refractivity contribution in [3.05, 3.63) is 23.3 Å². The largest absolute Gasteiger partial charge is 0.295 e. The maximum atomic E-state index is 11.3. The third-order valence-electron chi connectivity index (χ3n) is 2.60. The number of rotatable bonds is 2. The molecule has 0 amide bonds. The zero-order chi connectivity index (χ0) is 9.84. The first-order valence-electron chi connectivity index (χ1n) is 5.05. The van der Waals surface area contributed by atoms with E-state index in [1.165, 1.54) is 5.57 Å². The molecule has 0 saturated heterocycles. The van der Waals surface area contributed by atoms with E-state index < -0.39 is 0 Å². The normalized spacial score (nSPS) is 23.2. The van der Waals surface area contributed by atoms with Crippen LogP contribution in [0.4, 0.5) is 0 Å². The molecule has 1 heteroatoms. The fourth-order valence-corrected chi connectivity index (χ4v) is 1.70. The molecule has 0 aliphatic heterocycles. The van der Waals surface area contributed by atoms with Gasteiger partial charge in [0.15, 0.2) is 5.78 Å². The fraction of sp³-hybridized carbons (Fsp3) is 0.583. The van der Waals surface area contributed by atoms with Crippen molar-refractivity contribution in [3.63, 3.8) is 0 Å². The van der Waals surface area contributed by atoms with Crippen molar-refractivity contribution in [2.75, 3.05) is 0 Å². The van der Waals surface area contributed by atoms with E-state index >= 15 is 0 Å². The Morgan fingerprint density at radius 2 is 2.08 bits per heavy atom. The molecular weight excluding hydrogens is 160 g/mol. The molecule has 0 bridgehead atoms. The van der Waals surface area contributed by atoms with E-state index in [-0.39, 0.29) is 5.78 Å². The maximum absolute atomic E-state index is 11.3. The lowest BCUT2D eigenvalue weighted by atomic mass is 10.0. The van der Waals surface area contributed by atoms with Crippen molar-refractivity contribution >= 4 is 5.78 Å². The molecule has 0 unspecified atom stereocenters. The zero-order valence-electron chi connectivity index (χ0n) is 8.76. The highest BCUT2D eigenvalue weighted by Gasteiger charge is 2.12. The molecule has 0 saturated carbocycles. The average Bonchev–Trinajstić information content (AvgIpc) is 2.26. The third-order valence-corrected chi connectivity index (χ3v) is 2.60. The Kier molecular flexibility index (Phi) is 3.47. The lowest BCUT2D eigenvalue weighted by Gasteiger charge is -2.04. The molecule has 1 aliphatic carbocycles. The first-order chi connectivity index (χ1) is 6.15. The molecule has 0 radical (unpaired) electrons. The molecule has 1 rings (SSSR count). The van der Waals surface area contributed by atoms with Crippen LogP contribution in [0.1, 0.15) is 40.0 Å². The van der Waals surface area contributed by atoms with Gasteiger partial charge >= 0.3 is 0 Å². The summed E-state index contributed by atoms with van der Waals surface area (Å²) < 4.78 is 0. The van der Waals surface area contributed by atoms with Gasteiger partial charge in [0.25, 0.3) is 0 Å². The van der Waals surface area contributed by atoms with Crippen molar-refractivity contribution < 1.29 is 4.79 Å². The highest BCUT2D eigenvalue weighted by atomic mass is 16.1. The van der Waals surface area contributed by atoms with Crippen LogP contribution >= 0.6 is 0 Å². The Labute approximate surface area is 80.5 Å². The van der Waals surface area contributed by atoms with Gasteiger partial charge in [-0.15, -0.1) is 0 Å². The molecule has 0 aromatic rings. The topological polar surface area (TPSA) is 17.1 Å². The molecular formula is C12H18O. The highest BCUT2D eigenvalue weighted by molar-refractivity contribution is 5.97. The molecule has 0 fully saturated rings. The number of carbonyl (C=O) groups excluding carboxylic acids is 1. The number of hydrogen-bond acceptors (Lipinski definition) is 1. The molecule has 1 aliphatic rings. The summed E-state index contributed by atoms with van der Waals surface area (Å²) in [6.07, 6.45) is 7.45. The van der Waals surface area contributed by atoms with Gasteiger partial charge in [-0.05, 0) is 37.7 Å². The number of Topliss-reactive ketones (excluding diaryl/α,β-unsaturated/α-hetero) is 1. The van der Waals surface area contributed by atoms with Crippen LogP contribution in [0.5, 0.6) is 0 Å². The van der Waals surface area contributed by atoms with Gasteiger partial charge in [-0.2, -0.15) is 0 Å². The van der Waals surface area contributed by atoms with Crippen molar-refractivity contribution in [1.82, 2.24) is 0 Å². The van der Waals surface area contributed by atoms with E-state index in [1.54, 1.807) is 6.92 Å². The van der Waals surface area contributed by atoms with Gasteiger partial charge in [0, 0.05) is 5.57 Å². The van der Waals surface area contributed by atoms with Gasteiger partial charge < -0.3 is 0 Å². The van der Waals surface area contributed by atoms with E-state index in [2.05, 4.69) is 26.0 Å². The summed E-state index contributed by atoms with van der Waals surface area (Å²) in [6, 6.07) is 0. The zero-order valence-corrected chi connectivity index (χ0v) is 8.76. The van der Waals surface area contributed by atoms with Gasteiger partial charge in [0.1, 0.15) is 0 Å². The maximum Gasteiger partial charge on any atom is 0.159 e. The van der Waals surface area contributed by atoms with Crippen molar-refractivity contribution in [2.24, 2.45) is 5.92 Å². The lowest BCUT2D eigenvalue weighted by Crippen LogP contribution is -1.99. The van der Waals surface area contributed by atoms with Gasteiger partial charge in [-0.3, -0.25) is 4.79 Å². The minimum absolute atomic E-state index is 0.210. The molecule has 0 spiro atoms. The van der Waals surface area contributed by atoms with Crippen LogP contribution in [0.25, 0.3) is 0 Å². The van der Waals surface area contributed by atoms with Gasteiger partial charge in [0.2, 0.25) is 0 Å². The lowest BCUT2D eigenvalue weighted by molar-refractivity contribution is -0.113. The molecule has 13 heavy (non-hydrogen) atoms. The van der Waals surface area contributed by atoms with E-state index in [1.807, 2.05) is 0 Å². The van der Waals surface area contributed by atoms with Crippen LogP contribution in [0.2, 0.25) is 0 Å². The molecule has 72 valence electrons.